The highest BCUT2D eigenvalue weighted by atomic mass is 19.4. The van der Waals surface area contributed by atoms with E-state index in [0.29, 0.717) is 11.5 Å². The molecule has 0 saturated heterocycles. The van der Waals surface area contributed by atoms with Crippen molar-refractivity contribution < 1.29 is 18.0 Å². The van der Waals surface area contributed by atoms with Crippen molar-refractivity contribution in [2.45, 2.75) is 13.1 Å². The molecule has 3 rings (SSSR count). The summed E-state index contributed by atoms with van der Waals surface area (Å²) < 4.78 is 38.5. The van der Waals surface area contributed by atoms with E-state index in [2.05, 4.69) is 20.6 Å². The highest BCUT2D eigenvalue weighted by Crippen LogP contribution is 2.31. The molecule has 1 amide bonds. The number of nitrogens with zero attached hydrogens (tertiary/aromatic N) is 2. The van der Waals surface area contributed by atoms with E-state index in [4.69, 9.17) is 0 Å². The maximum absolute atomic E-state index is 12.8. The van der Waals surface area contributed by atoms with E-state index in [0.717, 1.165) is 12.1 Å². The lowest BCUT2D eigenvalue weighted by molar-refractivity contribution is -0.137. The Labute approximate surface area is 153 Å². The molecule has 0 aliphatic carbocycles. The fourth-order valence-corrected chi connectivity index (χ4v) is 2.39. The smallest absolute Gasteiger partial charge is 0.340 e. The maximum atomic E-state index is 12.8. The molecular weight excluding hydrogens is 357 g/mol. The Balaban J connectivity index is 1.82. The van der Waals surface area contributed by atoms with Crippen molar-refractivity contribution in [1.82, 2.24) is 9.97 Å². The fourth-order valence-electron chi connectivity index (χ4n) is 2.39. The van der Waals surface area contributed by atoms with Gasteiger partial charge in [-0.1, -0.05) is 24.3 Å². The number of para-hydroxylation sites is 1. The monoisotopic (exact) mass is 372 g/mol. The summed E-state index contributed by atoms with van der Waals surface area (Å²) in [5.41, 5.74) is 0.129. The molecule has 1 aromatic heterocycles. The lowest BCUT2D eigenvalue weighted by Gasteiger charge is -2.11. The number of carbonyl (C=O) groups excluding carboxylic acids is 1. The van der Waals surface area contributed by atoms with E-state index in [1.54, 1.807) is 31.2 Å². The van der Waals surface area contributed by atoms with Crippen LogP contribution < -0.4 is 10.6 Å². The van der Waals surface area contributed by atoms with E-state index in [1.165, 1.54) is 18.2 Å². The number of aryl methyl sites for hydroxylation is 1. The molecule has 27 heavy (non-hydrogen) atoms. The predicted octanol–water partition coefficient (Wildman–Crippen LogP) is 4.80. The molecule has 2 N–H and O–H groups in total. The summed E-state index contributed by atoms with van der Waals surface area (Å²) >= 11 is 0. The van der Waals surface area contributed by atoms with Crippen LogP contribution in [0.15, 0.2) is 60.7 Å². The topological polar surface area (TPSA) is 66.9 Å². The molecule has 0 saturated carbocycles. The molecule has 0 fully saturated rings. The third-order valence-corrected chi connectivity index (χ3v) is 3.56. The van der Waals surface area contributed by atoms with Crippen LogP contribution in [0, 0.1) is 6.92 Å². The number of carbonyl (C=O) groups is 1. The van der Waals surface area contributed by atoms with Crippen LogP contribution in [0.5, 0.6) is 0 Å². The predicted molar refractivity (Wildman–Crippen MR) is 95.9 cm³/mol. The van der Waals surface area contributed by atoms with E-state index in [-0.39, 0.29) is 17.2 Å². The maximum Gasteiger partial charge on any atom is 0.416 e. The molecule has 2 aromatic carbocycles. The van der Waals surface area contributed by atoms with Crippen LogP contribution in [0.2, 0.25) is 0 Å². The van der Waals surface area contributed by atoms with Crippen LogP contribution in [0.1, 0.15) is 21.9 Å². The Morgan fingerprint density at radius 3 is 2.33 bits per heavy atom. The van der Waals surface area contributed by atoms with Gasteiger partial charge in [0, 0.05) is 17.4 Å². The lowest BCUT2D eigenvalue weighted by atomic mass is 10.2. The van der Waals surface area contributed by atoms with Gasteiger partial charge < -0.3 is 10.6 Å². The first-order valence-corrected chi connectivity index (χ1v) is 7.97. The molecule has 0 atom stereocenters. The van der Waals surface area contributed by atoms with Crippen molar-refractivity contribution in [2.75, 3.05) is 10.6 Å². The summed E-state index contributed by atoms with van der Waals surface area (Å²) in [6, 6.07) is 15.0. The van der Waals surface area contributed by atoms with Crippen LogP contribution in [-0.2, 0) is 6.18 Å². The van der Waals surface area contributed by atoms with Crippen LogP contribution >= 0.6 is 0 Å². The van der Waals surface area contributed by atoms with Crippen LogP contribution in [0.4, 0.5) is 30.4 Å². The Kier molecular flexibility index (Phi) is 5.07. The van der Waals surface area contributed by atoms with Crippen molar-refractivity contribution in [3.05, 3.63) is 77.7 Å². The minimum atomic E-state index is -4.44. The molecular formula is C19H15F3N4O. The summed E-state index contributed by atoms with van der Waals surface area (Å²) in [5.74, 6) is 0.0871. The molecule has 0 radical (unpaired) electrons. The number of halogens is 3. The van der Waals surface area contributed by atoms with Crippen molar-refractivity contribution in [3.8, 4) is 0 Å². The minimum Gasteiger partial charge on any atom is -0.340 e. The van der Waals surface area contributed by atoms with Gasteiger partial charge in [-0.25, -0.2) is 9.97 Å². The SMILES string of the molecule is Cc1nc(Nc2cccc(C(F)(F)F)c2)cc(C(=O)Nc2ccccc2)n1. The average molecular weight is 372 g/mol. The van der Waals surface area contributed by atoms with E-state index in [1.807, 2.05) is 6.07 Å². The highest BCUT2D eigenvalue weighted by Gasteiger charge is 2.30. The number of nitrogens with one attached hydrogen (secondary N) is 2. The van der Waals surface area contributed by atoms with Gasteiger partial charge in [-0.05, 0) is 37.3 Å². The van der Waals surface area contributed by atoms with Gasteiger partial charge in [0.05, 0.1) is 5.56 Å². The molecule has 0 bridgehead atoms. The van der Waals surface area contributed by atoms with Crippen LogP contribution in [0.3, 0.4) is 0 Å². The van der Waals surface area contributed by atoms with Crippen molar-refractivity contribution in [3.63, 3.8) is 0 Å². The minimum absolute atomic E-state index is 0.0980. The summed E-state index contributed by atoms with van der Waals surface area (Å²) in [6.07, 6.45) is -4.44. The Morgan fingerprint density at radius 1 is 0.926 bits per heavy atom. The normalized spacial score (nSPS) is 11.1. The summed E-state index contributed by atoms with van der Waals surface area (Å²) in [4.78, 5) is 20.6. The van der Waals surface area contributed by atoms with Gasteiger partial charge in [-0.3, -0.25) is 4.79 Å². The molecule has 0 spiro atoms. The molecule has 138 valence electrons. The average Bonchev–Trinajstić information content (AvgIpc) is 2.61. The van der Waals surface area contributed by atoms with Crippen molar-refractivity contribution in [1.29, 1.82) is 0 Å². The zero-order valence-corrected chi connectivity index (χ0v) is 14.2. The third kappa shape index (κ3) is 4.81. The van der Waals surface area contributed by atoms with Gasteiger partial charge in [0.2, 0.25) is 0 Å². The zero-order valence-electron chi connectivity index (χ0n) is 14.2. The molecule has 8 heteroatoms. The highest BCUT2D eigenvalue weighted by molar-refractivity contribution is 6.03. The fraction of sp³-hybridized carbons (Fsp3) is 0.105. The number of benzene rings is 2. The Bertz CT molecular complexity index is 959. The number of hydrogen-bond acceptors (Lipinski definition) is 4. The number of alkyl halides is 3. The summed E-state index contributed by atoms with van der Waals surface area (Å²) in [5, 5.41) is 5.49. The lowest BCUT2D eigenvalue weighted by Crippen LogP contribution is -2.15. The number of anilines is 3. The largest absolute Gasteiger partial charge is 0.416 e. The third-order valence-electron chi connectivity index (χ3n) is 3.56. The Hall–Kier alpha value is -3.42. The van der Waals surface area contributed by atoms with Crippen LogP contribution in [-0.4, -0.2) is 15.9 Å². The number of aromatic nitrogens is 2. The zero-order chi connectivity index (χ0) is 19.4. The second kappa shape index (κ2) is 7.45. The number of hydrogen-bond donors (Lipinski definition) is 2. The van der Waals surface area contributed by atoms with Gasteiger partial charge in [0.1, 0.15) is 17.3 Å². The van der Waals surface area contributed by atoms with Crippen LogP contribution in [0.25, 0.3) is 0 Å². The van der Waals surface area contributed by atoms with Gasteiger partial charge in [0.25, 0.3) is 5.91 Å². The first-order chi connectivity index (χ1) is 12.8. The van der Waals surface area contributed by atoms with Crippen molar-refractivity contribution >= 4 is 23.1 Å². The molecule has 0 aliphatic heterocycles. The summed E-state index contributed by atoms with van der Waals surface area (Å²) in [6.45, 7) is 1.59. The number of amides is 1. The standard InChI is InChI=1S/C19H15F3N4O/c1-12-23-16(18(27)26-14-7-3-2-4-8-14)11-17(24-12)25-15-9-5-6-13(10-15)19(20,21)22/h2-11H,1H3,(H,26,27)(H,23,24,25). The summed E-state index contributed by atoms with van der Waals surface area (Å²) in [7, 11) is 0. The second-order valence-corrected chi connectivity index (χ2v) is 5.71. The van der Waals surface area contributed by atoms with E-state index < -0.39 is 17.6 Å². The van der Waals surface area contributed by atoms with Gasteiger partial charge in [-0.15, -0.1) is 0 Å². The molecule has 3 aromatic rings. The van der Waals surface area contributed by atoms with E-state index >= 15 is 0 Å². The van der Waals surface area contributed by atoms with Gasteiger partial charge >= 0.3 is 6.18 Å². The molecule has 0 unspecified atom stereocenters. The first kappa shape index (κ1) is 18.4. The van der Waals surface area contributed by atoms with Crippen molar-refractivity contribution in [2.24, 2.45) is 0 Å². The van der Waals surface area contributed by atoms with E-state index in [9.17, 15) is 18.0 Å². The van der Waals surface area contributed by atoms with Gasteiger partial charge in [-0.2, -0.15) is 13.2 Å². The molecule has 5 nitrogen and oxygen atoms in total. The second-order valence-electron chi connectivity index (χ2n) is 5.71. The molecule has 0 aliphatic rings. The Morgan fingerprint density at radius 2 is 1.63 bits per heavy atom. The number of rotatable bonds is 4. The molecule has 1 heterocycles. The first-order valence-electron chi connectivity index (χ1n) is 7.97. The van der Waals surface area contributed by atoms with Gasteiger partial charge in [0.15, 0.2) is 0 Å². The quantitative estimate of drug-likeness (QED) is 0.690.